The molecule has 3 aliphatic rings. The molecule has 3 saturated heterocycles. The molecule has 0 amide bonds. The maximum atomic E-state index is 13.6. The van der Waals surface area contributed by atoms with Gasteiger partial charge in [-0.1, -0.05) is 0 Å². The lowest BCUT2D eigenvalue weighted by Gasteiger charge is -2.41. The summed E-state index contributed by atoms with van der Waals surface area (Å²) in [4.78, 5) is 5.16. The van der Waals surface area contributed by atoms with Crippen LogP contribution in [0.1, 0.15) is 49.7 Å². The Kier molecular flexibility index (Phi) is 9.23. The van der Waals surface area contributed by atoms with Crippen LogP contribution in [0.2, 0.25) is 0 Å². The first-order valence-electron chi connectivity index (χ1n) is 13.6. The Morgan fingerprint density at radius 3 is 2.11 bits per heavy atom. The van der Waals surface area contributed by atoms with Gasteiger partial charge < -0.3 is 9.64 Å². The normalized spacial score (nSPS) is 24.1. The van der Waals surface area contributed by atoms with Crippen molar-refractivity contribution in [2.75, 3.05) is 65.7 Å². The highest BCUT2D eigenvalue weighted by molar-refractivity contribution is 7.89. The maximum absolute atomic E-state index is 13.6. The van der Waals surface area contributed by atoms with Gasteiger partial charge in [0.05, 0.1) is 17.8 Å². The lowest BCUT2D eigenvalue weighted by atomic mass is 10.0. The van der Waals surface area contributed by atoms with Crippen LogP contribution in [0.3, 0.4) is 0 Å². The van der Waals surface area contributed by atoms with Gasteiger partial charge in [0, 0.05) is 44.8 Å². The van der Waals surface area contributed by atoms with E-state index < -0.39 is 20.0 Å². The average molecular weight is 557 g/mol. The van der Waals surface area contributed by atoms with Gasteiger partial charge in [0.15, 0.2) is 0 Å². The number of piperazine rings is 1. The van der Waals surface area contributed by atoms with Crippen molar-refractivity contribution in [3.05, 3.63) is 23.3 Å². The highest BCUT2D eigenvalue weighted by atomic mass is 32.2. The minimum absolute atomic E-state index is 0.0756. The van der Waals surface area contributed by atoms with E-state index in [4.69, 9.17) is 4.74 Å². The monoisotopic (exact) mass is 556 g/mol. The van der Waals surface area contributed by atoms with E-state index in [1.807, 2.05) is 0 Å². The van der Waals surface area contributed by atoms with E-state index in [0.29, 0.717) is 60.3 Å². The summed E-state index contributed by atoms with van der Waals surface area (Å²) in [7, 11) is -3.29. The van der Waals surface area contributed by atoms with Crippen LogP contribution in [0, 0.1) is 13.8 Å². The molecule has 0 unspecified atom stereocenters. The molecule has 210 valence electrons. The lowest BCUT2D eigenvalue weighted by molar-refractivity contribution is 0.0892. The third-order valence-electron chi connectivity index (χ3n) is 8.37. The van der Waals surface area contributed by atoms with E-state index in [2.05, 4.69) is 16.8 Å². The van der Waals surface area contributed by atoms with Crippen LogP contribution in [0.4, 0.5) is 0 Å². The quantitative estimate of drug-likeness (QED) is 0.461. The van der Waals surface area contributed by atoms with Gasteiger partial charge in [-0.3, -0.25) is 4.90 Å². The van der Waals surface area contributed by atoms with Crippen LogP contribution >= 0.6 is 0 Å². The molecule has 0 aromatic heterocycles. The predicted molar refractivity (Wildman–Crippen MR) is 146 cm³/mol. The molecule has 1 aromatic carbocycles. The smallest absolute Gasteiger partial charge is 0.243 e. The topological polar surface area (TPSA) is 90.5 Å². The van der Waals surface area contributed by atoms with Crippen molar-refractivity contribution < 1.29 is 21.6 Å². The first kappa shape index (κ1) is 28.8. The minimum Gasteiger partial charge on any atom is -0.497 e. The molecule has 1 aromatic rings. The number of ether oxygens (including phenoxy) is 1. The molecule has 3 fully saturated rings. The summed E-state index contributed by atoms with van der Waals surface area (Å²) in [6, 6.07) is 3.91. The van der Waals surface area contributed by atoms with Gasteiger partial charge in [0.2, 0.25) is 20.0 Å². The number of nitrogens with zero attached hydrogens (tertiary/aromatic N) is 4. The van der Waals surface area contributed by atoms with Crippen molar-refractivity contribution >= 4 is 20.0 Å². The zero-order valence-electron chi connectivity index (χ0n) is 22.9. The van der Waals surface area contributed by atoms with Gasteiger partial charge in [-0.2, -0.15) is 8.61 Å². The summed E-state index contributed by atoms with van der Waals surface area (Å²) in [6.07, 6.45) is 4.89. The molecule has 0 N–H and O–H groups in total. The number of aryl methyl sites for hydroxylation is 2. The van der Waals surface area contributed by atoms with Crippen LogP contribution in [-0.2, 0) is 20.0 Å². The third-order valence-corrected chi connectivity index (χ3v) is 12.6. The van der Waals surface area contributed by atoms with Crippen molar-refractivity contribution in [2.45, 2.75) is 69.4 Å². The summed E-state index contributed by atoms with van der Waals surface area (Å²) in [5, 5.41) is 0. The number of sulfonamides is 2. The molecule has 3 heterocycles. The largest absolute Gasteiger partial charge is 0.497 e. The molecular formula is C26H44N4O5S2. The van der Waals surface area contributed by atoms with Crippen LogP contribution in [0.5, 0.6) is 5.75 Å². The predicted octanol–water partition coefficient (Wildman–Crippen LogP) is 2.29. The number of rotatable bonds is 9. The van der Waals surface area contributed by atoms with Crippen LogP contribution < -0.4 is 4.74 Å². The van der Waals surface area contributed by atoms with Gasteiger partial charge in [-0.25, -0.2) is 16.8 Å². The highest BCUT2D eigenvalue weighted by Gasteiger charge is 2.37. The van der Waals surface area contributed by atoms with Crippen molar-refractivity contribution in [3.8, 4) is 5.75 Å². The van der Waals surface area contributed by atoms with Crippen molar-refractivity contribution in [2.24, 2.45) is 0 Å². The Bertz CT molecular complexity index is 1120. The summed E-state index contributed by atoms with van der Waals surface area (Å²) < 4.78 is 62.0. The lowest BCUT2D eigenvalue weighted by Crippen LogP contribution is -2.54. The Hall–Kier alpha value is -1.24. The summed E-state index contributed by atoms with van der Waals surface area (Å²) in [5.74, 6) is 0.718. The van der Waals surface area contributed by atoms with Gasteiger partial charge in [-0.15, -0.1) is 0 Å². The fraction of sp³-hybridized carbons (Fsp3) is 0.769. The molecule has 1 atom stereocenters. The van der Waals surface area contributed by atoms with Crippen LogP contribution in [0.25, 0.3) is 0 Å². The minimum atomic E-state index is -3.67. The molecule has 4 rings (SSSR count). The van der Waals surface area contributed by atoms with Gasteiger partial charge in [-0.05, 0) is 95.8 Å². The molecule has 3 aliphatic heterocycles. The second-order valence-electron chi connectivity index (χ2n) is 10.9. The maximum Gasteiger partial charge on any atom is 0.243 e. The number of hydrogen-bond donors (Lipinski definition) is 0. The van der Waals surface area contributed by atoms with Crippen molar-refractivity contribution in [1.29, 1.82) is 0 Å². The first-order valence-corrected chi connectivity index (χ1v) is 16.7. The summed E-state index contributed by atoms with van der Waals surface area (Å²) in [6.45, 7) is 8.97. The number of likely N-dealkylation sites (tertiary alicyclic amines) is 1. The fourth-order valence-corrected chi connectivity index (χ4v) is 9.95. The Balaban J connectivity index is 1.31. The second-order valence-corrected chi connectivity index (χ2v) is 14.8. The zero-order chi connectivity index (χ0) is 26.8. The summed E-state index contributed by atoms with van der Waals surface area (Å²) >= 11 is 0. The van der Waals surface area contributed by atoms with Crippen LogP contribution in [0.15, 0.2) is 17.0 Å². The molecule has 37 heavy (non-hydrogen) atoms. The Labute approximate surface area is 223 Å². The third kappa shape index (κ3) is 6.50. The second kappa shape index (κ2) is 11.9. The number of benzene rings is 1. The molecule has 0 spiro atoms. The van der Waals surface area contributed by atoms with Gasteiger partial charge in [0.25, 0.3) is 0 Å². The van der Waals surface area contributed by atoms with Crippen molar-refractivity contribution in [3.63, 3.8) is 0 Å². The Morgan fingerprint density at radius 1 is 0.892 bits per heavy atom. The molecule has 0 saturated carbocycles. The van der Waals surface area contributed by atoms with E-state index in [9.17, 15) is 16.8 Å². The number of piperidine rings is 1. The van der Waals surface area contributed by atoms with Crippen LogP contribution in [-0.4, -0.2) is 113 Å². The molecule has 0 aliphatic carbocycles. The van der Waals surface area contributed by atoms with E-state index in [-0.39, 0.29) is 11.8 Å². The molecule has 11 heteroatoms. The van der Waals surface area contributed by atoms with Gasteiger partial charge in [0.1, 0.15) is 5.75 Å². The van der Waals surface area contributed by atoms with Crippen molar-refractivity contribution in [1.82, 2.24) is 18.4 Å². The molecular weight excluding hydrogens is 512 g/mol. The van der Waals surface area contributed by atoms with E-state index >= 15 is 0 Å². The number of methoxy groups -OCH3 is 1. The standard InChI is InChI=1S/C26H44N4O5S2/c1-21-19-25(35-4)20-22(2)26(21)37(33,34)30-11-5-7-24(30)8-6-18-36(31,32)29-16-14-28(15-17-29)23-9-12-27(3)13-10-23/h19-20,23-24H,5-18H2,1-4H3/t24-/m0/s1. The fourth-order valence-electron chi connectivity index (χ4n) is 6.30. The molecule has 0 bridgehead atoms. The molecule has 0 radical (unpaired) electrons. The number of hydrogen-bond acceptors (Lipinski definition) is 7. The zero-order valence-corrected chi connectivity index (χ0v) is 24.5. The van der Waals surface area contributed by atoms with Gasteiger partial charge >= 0.3 is 0 Å². The summed E-state index contributed by atoms with van der Waals surface area (Å²) in [5.41, 5.74) is 1.34. The van der Waals surface area contributed by atoms with E-state index in [0.717, 1.165) is 51.9 Å². The molecule has 9 nitrogen and oxygen atoms in total. The average Bonchev–Trinajstić information content (AvgIpc) is 3.33. The SMILES string of the molecule is COc1cc(C)c(S(=O)(=O)N2CCC[C@H]2CCCS(=O)(=O)N2CCN(C3CCN(C)CC3)CC2)c(C)c1. The Morgan fingerprint density at radius 2 is 1.51 bits per heavy atom. The first-order chi connectivity index (χ1) is 17.5. The van der Waals surface area contributed by atoms with E-state index in [1.54, 1.807) is 41.7 Å². The highest BCUT2D eigenvalue weighted by Crippen LogP contribution is 2.33. The van der Waals surface area contributed by atoms with E-state index in [1.165, 1.54) is 0 Å².